The Bertz CT molecular complexity index is 429. The van der Waals surface area contributed by atoms with E-state index in [0.29, 0.717) is 5.92 Å². The first-order valence-electron chi connectivity index (χ1n) is 5.14. The van der Waals surface area contributed by atoms with Gasteiger partial charge in [-0.25, -0.2) is 4.98 Å². The van der Waals surface area contributed by atoms with Gasteiger partial charge >= 0.3 is 0 Å². The maximum absolute atomic E-state index is 5.86. The zero-order valence-corrected chi connectivity index (χ0v) is 11.0. The number of anilines is 1. The standard InChI is InChI=1S/C12H12BrClN2/c13-11-2-1-3-12(16-11)15-8-9-4-6-10(14)7-5-9/h1-4,6-7,9H,5,8H2,(H,15,16). The van der Waals surface area contributed by atoms with Crippen molar-refractivity contribution in [1.82, 2.24) is 4.98 Å². The number of nitrogens with zero attached hydrogens (tertiary/aromatic N) is 1. The van der Waals surface area contributed by atoms with Crippen LogP contribution in [-0.2, 0) is 0 Å². The number of hydrogen-bond donors (Lipinski definition) is 1. The van der Waals surface area contributed by atoms with Crippen LogP contribution < -0.4 is 5.32 Å². The molecule has 0 amide bonds. The highest BCUT2D eigenvalue weighted by Gasteiger charge is 2.07. The summed E-state index contributed by atoms with van der Waals surface area (Å²) in [6.45, 7) is 0.876. The second-order valence-corrected chi connectivity index (χ2v) is 4.92. The van der Waals surface area contributed by atoms with Crippen molar-refractivity contribution in [2.45, 2.75) is 6.42 Å². The van der Waals surface area contributed by atoms with Crippen LogP contribution >= 0.6 is 27.5 Å². The maximum atomic E-state index is 5.86. The molecule has 0 spiro atoms. The predicted molar refractivity (Wildman–Crippen MR) is 71.6 cm³/mol. The Labute approximate surface area is 109 Å². The SMILES string of the molecule is ClC1=CCC(CNc2cccc(Br)n2)C=C1. The Morgan fingerprint density at radius 3 is 3.06 bits per heavy atom. The van der Waals surface area contributed by atoms with E-state index in [-0.39, 0.29) is 0 Å². The number of nitrogens with one attached hydrogen (secondary N) is 1. The largest absolute Gasteiger partial charge is 0.369 e. The summed E-state index contributed by atoms with van der Waals surface area (Å²) in [5.74, 6) is 1.38. The Morgan fingerprint density at radius 2 is 2.38 bits per heavy atom. The lowest BCUT2D eigenvalue weighted by Gasteiger charge is -2.15. The molecule has 1 N–H and O–H groups in total. The topological polar surface area (TPSA) is 24.9 Å². The average molecular weight is 300 g/mol. The van der Waals surface area contributed by atoms with Crippen LogP contribution in [0.4, 0.5) is 5.82 Å². The molecule has 2 rings (SSSR count). The average Bonchev–Trinajstić information content (AvgIpc) is 2.28. The van der Waals surface area contributed by atoms with Crippen molar-refractivity contribution in [3.8, 4) is 0 Å². The van der Waals surface area contributed by atoms with E-state index in [1.165, 1.54) is 0 Å². The fourth-order valence-corrected chi connectivity index (χ4v) is 2.04. The van der Waals surface area contributed by atoms with E-state index < -0.39 is 0 Å². The molecule has 4 heteroatoms. The third-order valence-corrected chi connectivity index (χ3v) is 3.13. The van der Waals surface area contributed by atoms with Gasteiger partial charge in [0.05, 0.1) is 0 Å². The van der Waals surface area contributed by atoms with Gasteiger partial charge in [-0.3, -0.25) is 0 Å². The van der Waals surface area contributed by atoms with Gasteiger partial charge in [0.25, 0.3) is 0 Å². The van der Waals surface area contributed by atoms with Crippen LogP contribution in [0.5, 0.6) is 0 Å². The Hall–Kier alpha value is -0.800. The molecule has 1 aromatic rings. The van der Waals surface area contributed by atoms with Crippen molar-refractivity contribution in [2.75, 3.05) is 11.9 Å². The predicted octanol–water partition coefficient (Wildman–Crippen LogP) is 3.95. The lowest BCUT2D eigenvalue weighted by Crippen LogP contribution is -2.13. The second kappa shape index (κ2) is 5.51. The monoisotopic (exact) mass is 298 g/mol. The van der Waals surface area contributed by atoms with Crippen molar-refractivity contribution in [2.24, 2.45) is 5.92 Å². The number of rotatable bonds is 3. The van der Waals surface area contributed by atoms with Crippen LogP contribution in [0.15, 0.2) is 46.1 Å². The van der Waals surface area contributed by atoms with Gasteiger partial charge in [-0.05, 0) is 46.5 Å². The fourth-order valence-electron chi connectivity index (χ4n) is 1.53. The third-order valence-electron chi connectivity index (χ3n) is 2.40. The molecule has 0 bridgehead atoms. The van der Waals surface area contributed by atoms with Crippen molar-refractivity contribution in [3.63, 3.8) is 0 Å². The molecule has 84 valence electrons. The highest BCUT2D eigenvalue weighted by Crippen LogP contribution is 2.19. The molecule has 1 aromatic heterocycles. The molecule has 1 heterocycles. The molecule has 1 aliphatic rings. The molecule has 1 atom stereocenters. The minimum atomic E-state index is 0.489. The first-order valence-corrected chi connectivity index (χ1v) is 6.31. The third kappa shape index (κ3) is 3.35. The van der Waals surface area contributed by atoms with Gasteiger partial charge in [0.1, 0.15) is 10.4 Å². The van der Waals surface area contributed by atoms with E-state index in [1.807, 2.05) is 30.4 Å². The van der Waals surface area contributed by atoms with Crippen molar-refractivity contribution in [3.05, 3.63) is 46.1 Å². The van der Waals surface area contributed by atoms with Crippen LogP contribution in [0.1, 0.15) is 6.42 Å². The molecule has 0 saturated heterocycles. The normalized spacial score (nSPS) is 19.4. The minimum absolute atomic E-state index is 0.489. The van der Waals surface area contributed by atoms with E-state index in [0.717, 1.165) is 28.4 Å². The summed E-state index contributed by atoms with van der Waals surface area (Å²) >= 11 is 9.20. The molecule has 0 saturated carbocycles. The molecule has 16 heavy (non-hydrogen) atoms. The van der Waals surface area contributed by atoms with Gasteiger partial charge < -0.3 is 5.32 Å². The molecule has 0 fully saturated rings. The van der Waals surface area contributed by atoms with Gasteiger partial charge in [0.15, 0.2) is 0 Å². The highest BCUT2D eigenvalue weighted by molar-refractivity contribution is 9.10. The van der Waals surface area contributed by atoms with Crippen molar-refractivity contribution >= 4 is 33.3 Å². The lowest BCUT2D eigenvalue weighted by atomic mass is 10.0. The van der Waals surface area contributed by atoms with Gasteiger partial charge in [-0.15, -0.1) is 0 Å². The fraction of sp³-hybridized carbons (Fsp3) is 0.250. The zero-order valence-electron chi connectivity index (χ0n) is 8.66. The van der Waals surface area contributed by atoms with E-state index in [9.17, 15) is 0 Å². The van der Waals surface area contributed by atoms with Crippen LogP contribution in [-0.4, -0.2) is 11.5 Å². The molecule has 0 radical (unpaired) electrons. The number of hydrogen-bond acceptors (Lipinski definition) is 2. The van der Waals surface area contributed by atoms with Gasteiger partial charge in [0, 0.05) is 11.6 Å². The van der Waals surface area contributed by atoms with Crippen LogP contribution in [0.25, 0.3) is 0 Å². The van der Waals surface area contributed by atoms with Crippen molar-refractivity contribution in [1.29, 1.82) is 0 Å². The molecule has 0 aromatic carbocycles. The summed E-state index contributed by atoms with van der Waals surface area (Å²) in [6.07, 6.45) is 7.11. The minimum Gasteiger partial charge on any atom is -0.369 e. The Balaban J connectivity index is 1.87. The number of pyridine rings is 1. The smallest absolute Gasteiger partial charge is 0.127 e. The van der Waals surface area contributed by atoms with Gasteiger partial charge in [-0.1, -0.05) is 29.8 Å². The molecular weight excluding hydrogens is 288 g/mol. The van der Waals surface area contributed by atoms with Gasteiger partial charge in [-0.2, -0.15) is 0 Å². The van der Waals surface area contributed by atoms with Gasteiger partial charge in [0.2, 0.25) is 0 Å². The van der Waals surface area contributed by atoms with Crippen LogP contribution in [0, 0.1) is 5.92 Å². The first-order chi connectivity index (χ1) is 7.74. The lowest BCUT2D eigenvalue weighted by molar-refractivity contribution is 0.689. The molecule has 2 nitrogen and oxygen atoms in total. The van der Waals surface area contributed by atoms with Crippen molar-refractivity contribution < 1.29 is 0 Å². The molecule has 0 aliphatic heterocycles. The summed E-state index contributed by atoms with van der Waals surface area (Å²) in [4.78, 5) is 4.31. The highest BCUT2D eigenvalue weighted by atomic mass is 79.9. The number of allylic oxidation sites excluding steroid dienone is 3. The van der Waals surface area contributed by atoms with Crippen LogP contribution in [0.3, 0.4) is 0 Å². The van der Waals surface area contributed by atoms with E-state index in [4.69, 9.17) is 11.6 Å². The Morgan fingerprint density at radius 1 is 1.50 bits per heavy atom. The zero-order chi connectivity index (χ0) is 11.4. The van der Waals surface area contributed by atoms with E-state index >= 15 is 0 Å². The molecule has 1 unspecified atom stereocenters. The summed E-state index contributed by atoms with van der Waals surface area (Å²) in [5, 5.41) is 4.14. The summed E-state index contributed by atoms with van der Waals surface area (Å²) < 4.78 is 0.847. The molecule has 1 aliphatic carbocycles. The number of aromatic nitrogens is 1. The maximum Gasteiger partial charge on any atom is 0.127 e. The quantitative estimate of drug-likeness (QED) is 0.855. The summed E-state index contributed by atoms with van der Waals surface area (Å²) in [5.41, 5.74) is 0. The first kappa shape index (κ1) is 11.7. The van der Waals surface area contributed by atoms with E-state index in [2.05, 4.69) is 32.3 Å². The molecular formula is C12H12BrClN2. The second-order valence-electron chi connectivity index (χ2n) is 3.67. The number of halogens is 2. The van der Waals surface area contributed by atoms with E-state index in [1.54, 1.807) is 0 Å². The van der Waals surface area contributed by atoms with Crippen LogP contribution in [0.2, 0.25) is 0 Å². The summed E-state index contributed by atoms with van der Waals surface area (Å²) in [6, 6.07) is 5.83. The Kier molecular flexibility index (Phi) is 4.02. The summed E-state index contributed by atoms with van der Waals surface area (Å²) in [7, 11) is 0.